The zero-order valence-corrected chi connectivity index (χ0v) is 18.2. The summed E-state index contributed by atoms with van der Waals surface area (Å²) < 4.78 is 9.41. The Hall–Kier alpha value is -2.00. The van der Waals surface area contributed by atoms with Gasteiger partial charge in [0.15, 0.2) is 11.2 Å². The van der Waals surface area contributed by atoms with E-state index in [2.05, 4.69) is 10.3 Å². The van der Waals surface area contributed by atoms with Crippen molar-refractivity contribution in [1.82, 2.24) is 18.7 Å². The molecule has 0 unspecified atom stereocenters. The molecule has 1 aromatic carbocycles. The van der Waals surface area contributed by atoms with Crippen LogP contribution >= 0.6 is 34.8 Å². The number of ether oxygens (including phenoxy) is 1. The van der Waals surface area contributed by atoms with Crippen molar-refractivity contribution in [2.45, 2.75) is 6.54 Å². The summed E-state index contributed by atoms with van der Waals surface area (Å²) in [6.45, 7) is 1.47. The minimum Gasteiger partial charge on any atom is -0.378 e. The van der Waals surface area contributed by atoms with Crippen LogP contribution in [0, 0.1) is 0 Å². The summed E-state index contributed by atoms with van der Waals surface area (Å²) in [6, 6.07) is 5.20. The van der Waals surface area contributed by atoms with Gasteiger partial charge in [0.05, 0.1) is 19.8 Å². The number of imidazole rings is 1. The van der Waals surface area contributed by atoms with Gasteiger partial charge in [-0.05, 0) is 12.1 Å². The number of aryl methyl sites for hydroxylation is 1. The van der Waals surface area contributed by atoms with Crippen LogP contribution in [0.15, 0.2) is 27.8 Å². The van der Waals surface area contributed by atoms with E-state index in [1.54, 1.807) is 29.8 Å². The molecule has 0 saturated heterocycles. The van der Waals surface area contributed by atoms with Gasteiger partial charge in [-0.2, -0.15) is 4.98 Å². The summed E-state index contributed by atoms with van der Waals surface area (Å²) in [4.78, 5) is 29.7. The molecular formula is C18H20Cl3N5O3. The molecule has 29 heavy (non-hydrogen) atoms. The second kappa shape index (κ2) is 9.21. The van der Waals surface area contributed by atoms with Crippen LogP contribution in [0.25, 0.3) is 11.2 Å². The molecular weight excluding hydrogens is 441 g/mol. The number of hydrogen-bond donors (Lipinski definition) is 1. The van der Waals surface area contributed by atoms with Gasteiger partial charge in [0.1, 0.15) is 0 Å². The third-order valence-corrected chi connectivity index (χ3v) is 5.34. The van der Waals surface area contributed by atoms with Crippen LogP contribution < -0.4 is 16.6 Å². The first-order valence-electron chi connectivity index (χ1n) is 8.83. The van der Waals surface area contributed by atoms with E-state index in [1.807, 2.05) is 0 Å². The van der Waals surface area contributed by atoms with E-state index < -0.39 is 11.2 Å². The van der Waals surface area contributed by atoms with Crippen molar-refractivity contribution >= 4 is 51.9 Å². The van der Waals surface area contributed by atoms with Crippen LogP contribution in [0.1, 0.15) is 5.56 Å². The second-order valence-electron chi connectivity index (χ2n) is 6.33. The van der Waals surface area contributed by atoms with Crippen LogP contribution in [0.5, 0.6) is 0 Å². The van der Waals surface area contributed by atoms with Gasteiger partial charge in [-0.3, -0.25) is 18.5 Å². The maximum atomic E-state index is 12.9. The average Bonchev–Trinajstić information content (AvgIpc) is 3.06. The lowest BCUT2D eigenvalue weighted by atomic mass is 10.2. The summed E-state index contributed by atoms with van der Waals surface area (Å²) in [5, 5.41) is 4.09. The molecule has 0 spiro atoms. The number of aromatic nitrogens is 4. The van der Waals surface area contributed by atoms with E-state index >= 15 is 0 Å². The number of nitrogens with zero attached hydrogens (tertiary/aromatic N) is 4. The first-order chi connectivity index (χ1) is 13.9. The van der Waals surface area contributed by atoms with Crippen LogP contribution in [-0.2, 0) is 25.4 Å². The predicted octanol–water partition coefficient (Wildman–Crippen LogP) is 2.46. The van der Waals surface area contributed by atoms with Crippen molar-refractivity contribution in [3.63, 3.8) is 0 Å². The standard InChI is InChI=1S/C18H20Cl3N5O3/c1-24-15-14(16(27)25(2)18(24)28)26(10-11-12(20)4-3-5-13(11)21)17(23-15)22-7-9-29-8-6-19/h3-5H,6-10H2,1-2H3,(H,22,23). The van der Waals surface area contributed by atoms with E-state index in [-0.39, 0.29) is 17.7 Å². The smallest absolute Gasteiger partial charge is 0.332 e. The van der Waals surface area contributed by atoms with E-state index in [9.17, 15) is 9.59 Å². The number of halogens is 3. The molecule has 3 rings (SSSR count). The molecule has 0 aliphatic heterocycles. The Balaban J connectivity index is 2.12. The minimum atomic E-state index is -0.458. The molecule has 3 aromatic rings. The quantitative estimate of drug-likeness (QED) is 0.412. The fourth-order valence-corrected chi connectivity index (χ4v) is 3.59. The topological polar surface area (TPSA) is 83.1 Å². The van der Waals surface area contributed by atoms with Crippen LogP contribution in [-0.4, -0.2) is 44.3 Å². The van der Waals surface area contributed by atoms with Crippen molar-refractivity contribution < 1.29 is 4.74 Å². The summed E-state index contributed by atoms with van der Waals surface area (Å²) in [6.07, 6.45) is 0. The first kappa shape index (κ1) is 21.7. The molecule has 0 radical (unpaired) electrons. The molecule has 8 nitrogen and oxygen atoms in total. The highest BCUT2D eigenvalue weighted by Gasteiger charge is 2.20. The fourth-order valence-electron chi connectivity index (χ4n) is 2.97. The van der Waals surface area contributed by atoms with Gasteiger partial charge < -0.3 is 10.1 Å². The molecule has 11 heteroatoms. The number of rotatable bonds is 8. The average molecular weight is 461 g/mol. The normalized spacial score (nSPS) is 11.3. The lowest BCUT2D eigenvalue weighted by Crippen LogP contribution is -2.37. The fraction of sp³-hybridized carbons (Fsp3) is 0.389. The van der Waals surface area contributed by atoms with E-state index in [0.717, 1.165) is 4.57 Å². The zero-order valence-electron chi connectivity index (χ0n) is 15.9. The molecule has 0 bridgehead atoms. The van der Waals surface area contributed by atoms with Crippen molar-refractivity contribution in [2.24, 2.45) is 14.1 Å². The Bertz CT molecular complexity index is 1130. The molecule has 0 atom stereocenters. The van der Waals surface area contributed by atoms with Gasteiger partial charge in [-0.1, -0.05) is 29.3 Å². The van der Waals surface area contributed by atoms with Crippen LogP contribution in [0.2, 0.25) is 10.0 Å². The van der Waals surface area contributed by atoms with Crippen LogP contribution in [0.3, 0.4) is 0 Å². The number of alkyl halides is 1. The largest absolute Gasteiger partial charge is 0.378 e. The van der Waals surface area contributed by atoms with Gasteiger partial charge in [-0.25, -0.2) is 4.79 Å². The van der Waals surface area contributed by atoms with Gasteiger partial charge in [0, 0.05) is 42.1 Å². The van der Waals surface area contributed by atoms with Crippen molar-refractivity contribution in [2.75, 3.05) is 31.0 Å². The van der Waals surface area contributed by atoms with Gasteiger partial charge in [-0.15, -0.1) is 11.6 Å². The summed E-state index contributed by atoms with van der Waals surface area (Å²) in [7, 11) is 2.99. The Morgan fingerprint density at radius 2 is 1.79 bits per heavy atom. The third-order valence-electron chi connectivity index (χ3n) is 4.48. The molecule has 0 aliphatic carbocycles. The monoisotopic (exact) mass is 459 g/mol. The van der Waals surface area contributed by atoms with Crippen molar-refractivity contribution in [3.8, 4) is 0 Å². The molecule has 0 fully saturated rings. The molecule has 0 amide bonds. The van der Waals surface area contributed by atoms with E-state index in [0.29, 0.717) is 47.2 Å². The molecule has 0 aliphatic rings. The predicted molar refractivity (Wildman–Crippen MR) is 116 cm³/mol. The number of anilines is 1. The van der Waals surface area contributed by atoms with Gasteiger partial charge >= 0.3 is 5.69 Å². The maximum Gasteiger partial charge on any atom is 0.332 e. The van der Waals surface area contributed by atoms with Crippen molar-refractivity contribution in [3.05, 3.63) is 54.6 Å². The molecule has 1 N–H and O–H groups in total. The molecule has 0 saturated carbocycles. The summed E-state index contributed by atoms with van der Waals surface area (Å²) in [5.41, 5.74) is 0.276. The zero-order chi connectivity index (χ0) is 21.1. The molecule has 2 aromatic heterocycles. The lowest BCUT2D eigenvalue weighted by Gasteiger charge is -2.13. The molecule has 2 heterocycles. The van der Waals surface area contributed by atoms with E-state index in [4.69, 9.17) is 39.5 Å². The third kappa shape index (κ3) is 4.30. The lowest BCUT2D eigenvalue weighted by molar-refractivity contribution is 0.159. The minimum absolute atomic E-state index is 0.202. The highest BCUT2D eigenvalue weighted by molar-refractivity contribution is 6.36. The Morgan fingerprint density at radius 1 is 1.10 bits per heavy atom. The van der Waals surface area contributed by atoms with Crippen molar-refractivity contribution in [1.29, 1.82) is 0 Å². The van der Waals surface area contributed by atoms with Crippen LogP contribution in [0.4, 0.5) is 5.95 Å². The van der Waals surface area contributed by atoms with Gasteiger partial charge in [0.25, 0.3) is 5.56 Å². The summed E-state index contributed by atoms with van der Waals surface area (Å²) in [5.74, 6) is 0.811. The Labute approximate surface area is 181 Å². The number of fused-ring (bicyclic) bond motifs is 1. The molecule has 156 valence electrons. The van der Waals surface area contributed by atoms with Gasteiger partial charge in [0.2, 0.25) is 5.95 Å². The SMILES string of the molecule is Cn1c(=O)c2c(nc(NCCOCCCl)n2Cc2c(Cl)cccc2Cl)n(C)c1=O. The number of nitrogens with one attached hydrogen (secondary N) is 1. The second-order valence-corrected chi connectivity index (χ2v) is 7.52. The first-order valence-corrected chi connectivity index (χ1v) is 10.1. The Morgan fingerprint density at radius 3 is 2.45 bits per heavy atom. The Kier molecular flexibility index (Phi) is 6.89. The number of benzene rings is 1. The highest BCUT2D eigenvalue weighted by Crippen LogP contribution is 2.27. The number of hydrogen-bond acceptors (Lipinski definition) is 5. The highest BCUT2D eigenvalue weighted by atomic mass is 35.5. The summed E-state index contributed by atoms with van der Waals surface area (Å²) >= 11 is 18.3. The maximum absolute atomic E-state index is 12.9. The van der Waals surface area contributed by atoms with E-state index in [1.165, 1.54) is 11.6 Å².